The molecular weight excluding hydrogens is 240 g/mol. The summed E-state index contributed by atoms with van der Waals surface area (Å²) in [6, 6.07) is 7.60. The normalized spacial score (nSPS) is 12.4. The minimum absolute atomic E-state index is 0.0440. The molecule has 19 heavy (non-hydrogen) atoms. The van der Waals surface area contributed by atoms with E-state index < -0.39 is 0 Å². The fourth-order valence-electron chi connectivity index (χ4n) is 1.45. The fourth-order valence-corrected chi connectivity index (χ4v) is 1.45. The Morgan fingerprint density at radius 3 is 2.89 bits per heavy atom. The Bertz CT molecular complexity index is 428. The van der Waals surface area contributed by atoms with E-state index in [1.807, 2.05) is 31.2 Å². The van der Waals surface area contributed by atoms with Gasteiger partial charge in [0.15, 0.2) is 0 Å². The van der Waals surface area contributed by atoms with Crippen molar-refractivity contribution in [3.05, 3.63) is 35.9 Å². The fraction of sp³-hybridized carbons (Fsp3) is 0.400. The van der Waals surface area contributed by atoms with E-state index in [0.717, 1.165) is 17.7 Å². The summed E-state index contributed by atoms with van der Waals surface area (Å²) in [7, 11) is 0. The minimum atomic E-state index is -0.150. The predicted molar refractivity (Wildman–Crippen MR) is 77.9 cm³/mol. The van der Waals surface area contributed by atoms with E-state index in [1.165, 1.54) is 6.08 Å². The van der Waals surface area contributed by atoms with Crippen molar-refractivity contribution in [2.24, 2.45) is 5.73 Å². The Hall–Kier alpha value is -1.81. The second kappa shape index (κ2) is 8.32. The highest BCUT2D eigenvalue weighted by molar-refractivity contribution is 5.92. The number of amides is 1. The number of carbonyl (C=O) groups excluding carboxylic acids is 1. The van der Waals surface area contributed by atoms with Crippen LogP contribution in [-0.4, -0.2) is 25.1 Å². The van der Waals surface area contributed by atoms with Crippen LogP contribution >= 0.6 is 0 Å². The van der Waals surface area contributed by atoms with Crippen molar-refractivity contribution < 1.29 is 9.53 Å². The van der Waals surface area contributed by atoms with Gasteiger partial charge in [-0.05, 0) is 25.5 Å². The second-order valence-corrected chi connectivity index (χ2v) is 4.44. The number of nitrogens with one attached hydrogen (secondary N) is 1. The molecule has 0 radical (unpaired) electrons. The van der Waals surface area contributed by atoms with Gasteiger partial charge in [-0.1, -0.05) is 25.1 Å². The lowest BCUT2D eigenvalue weighted by atomic mass is 10.2. The van der Waals surface area contributed by atoms with E-state index in [0.29, 0.717) is 13.2 Å². The van der Waals surface area contributed by atoms with E-state index in [1.54, 1.807) is 6.08 Å². The maximum atomic E-state index is 11.6. The zero-order valence-electron chi connectivity index (χ0n) is 11.6. The van der Waals surface area contributed by atoms with Gasteiger partial charge >= 0.3 is 0 Å². The van der Waals surface area contributed by atoms with Crippen LogP contribution in [0.3, 0.4) is 0 Å². The summed E-state index contributed by atoms with van der Waals surface area (Å²) in [5, 5.41) is 2.72. The van der Waals surface area contributed by atoms with Crippen LogP contribution in [0.25, 0.3) is 6.08 Å². The van der Waals surface area contributed by atoms with E-state index in [9.17, 15) is 4.79 Å². The molecule has 0 aliphatic carbocycles. The summed E-state index contributed by atoms with van der Waals surface area (Å²) in [6.45, 7) is 5.04. The lowest BCUT2D eigenvalue weighted by Gasteiger charge is -2.08. The first kappa shape index (κ1) is 15.2. The third-order valence-corrected chi connectivity index (χ3v) is 2.39. The molecule has 104 valence electrons. The molecule has 1 aromatic rings. The van der Waals surface area contributed by atoms with Gasteiger partial charge in [-0.25, -0.2) is 0 Å². The minimum Gasteiger partial charge on any atom is -0.493 e. The molecule has 1 unspecified atom stereocenters. The maximum absolute atomic E-state index is 11.6. The van der Waals surface area contributed by atoms with Crippen molar-refractivity contribution in [3.8, 4) is 5.75 Å². The van der Waals surface area contributed by atoms with Crippen LogP contribution in [0, 0.1) is 0 Å². The van der Waals surface area contributed by atoms with Gasteiger partial charge in [0.1, 0.15) is 5.75 Å². The van der Waals surface area contributed by atoms with Crippen molar-refractivity contribution in [1.29, 1.82) is 0 Å². The molecule has 0 saturated heterocycles. The first-order valence-electron chi connectivity index (χ1n) is 6.56. The highest BCUT2D eigenvalue weighted by atomic mass is 16.5. The molecule has 1 rings (SSSR count). The van der Waals surface area contributed by atoms with Crippen LogP contribution in [0.4, 0.5) is 0 Å². The van der Waals surface area contributed by atoms with Gasteiger partial charge in [0.2, 0.25) is 5.91 Å². The van der Waals surface area contributed by atoms with Gasteiger partial charge in [-0.15, -0.1) is 0 Å². The first-order chi connectivity index (χ1) is 9.13. The third kappa shape index (κ3) is 6.06. The molecule has 0 aromatic heterocycles. The molecule has 0 aliphatic rings. The molecule has 1 amide bonds. The van der Waals surface area contributed by atoms with Crippen LogP contribution < -0.4 is 15.8 Å². The van der Waals surface area contributed by atoms with E-state index >= 15 is 0 Å². The molecule has 0 fully saturated rings. The molecule has 4 heteroatoms. The molecule has 0 heterocycles. The number of nitrogens with two attached hydrogens (primary N) is 1. The lowest BCUT2D eigenvalue weighted by molar-refractivity contribution is -0.116. The van der Waals surface area contributed by atoms with Crippen molar-refractivity contribution in [1.82, 2.24) is 5.32 Å². The number of hydrogen-bond acceptors (Lipinski definition) is 3. The second-order valence-electron chi connectivity index (χ2n) is 4.44. The Kier molecular flexibility index (Phi) is 6.68. The molecule has 1 atom stereocenters. The Labute approximate surface area is 114 Å². The number of rotatable bonds is 7. The molecule has 0 aliphatic heterocycles. The van der Waals surface area contributed by atoms with Gasteiger partial charge in [0.25, 0.3) is 0 Å². The first-order valence-corrected chi connectivity index (χ1v) is 6.56. The predicted octanol–water partition coefficient (Wildman–Crippen LogP) is 1.95. The smallest absolute Gasteiger partial charge is 0.244 e. The van der Waals surface area contributed by atoms with Crippen molar-refractivity contribution in [2.45, 2.75) is 26.3 Å². The lowest BCUT2D eigenvalue weighted by Crippen LogP contribution is -2.34. The van der Waals surface area contributed by atoms with Gasteiger partial charge in [0.05, 0.1) is 6.61 Å². The maximum Gasteiger partial charge on any atom is 0.244 e. The highest BCUT2D eigenvalue weighted by Gasteiger charge is 2.01. The SMILES string of the molecule is CCCOc1ccccc1/C=C/C(=O)NCC(C)N. The average Bonchev–Trinajstić information content (AvgIpc) is 2.41. The van der Waals surface area contributed by atoms with Gasteiger partial charge in [-0.2, -0.15) is 0 Å². The van der Waals surface area contributed by atoms with E-state index in [2.05, 4.69) is 12.2 Å². The average molecular weight is 262 g/mol. The number of hydrogen-bond donors (Lipinski definition) is 2. The number of ether oxygens (including phenoxy) is 1. The molecule has 0 saturated carbocycles. The summed E-state index contributed by atoms with van der Waals surface area (Å²) in [5.74, 6) is 0.642. The van der Waals surface area contributed by atoms with Gasteiger partial charge in [-0.3, -0.25) is 4.79 Å². The standard InChI is InChI=1S/C15H22N2O2/c1-3-10-19-14-7-5-4-6-13(14)8-9-15(18)17-11-12(2)16/h4-9,12H,3,10-11,16H2,1-2H3,(H,17,18)/b9-8+. The number of para-hydroxylation sites is 1. The Morgan fingerprint density at radius 1 is 1.47 bits per heavy atom. The molecule has 0 bridgehead atoms. The van der Waals surface area contributed by atoms with Crippen LogP contribution in [0.2, 0.25) is 0 Å². The summed E-state index contributed by atoms with van der Waals surface area (Å²) in [4.78, 5) is 11.6. The van der Waals surface area contributed by atoms with Gasteiger partial charge < -0.3 is 15.8 Å². The monoisotopic (exact) mass is 262 g/mol. The van der Waals surface area contributed by atoms with Crippen molar-refractivity contribution in [2.75, 3.05) is 13.2 Å². The molecular formula is C15H22N2O2. The third-order valence-electron chi connectivity index (χ3n) is 2.39. The summed E-state index contributed by atoms with van der Waals surface area (Å²) >= 11 is 0. The van der Waals surface area contributed by atoms with Crippen LogP contribution in [0.5, 0.6) is 5.75 Å². The summed E-state index contributed by atoms with van der Waals surface area (Å²) in [5.41, 5.74) is 6.46. The van der Waals surface area contributed by atoms with E-state index in [4.69, 9.17) is 10.5 Å². The zero-order valence-corrected chi connectivity index (χ0v) is 11.6. The summed E-state index contributed by atoms with van der Waals surface area (Å²) < 4.78 is 5.61. The van der Waals surface area contributed by atoms with Crippen LogP contribution in [-0.2, 0) is 4.79 Å². The number of benzene rings is 1. The van der Waals surface area contributed by atoms with Crippen LogP contribution in [0.15, 0.2) is 30.3 Å². The van der Waals surface area contributed by atoms with Crippen molar-refractivity contribution in [3.63, 3.8) is 0 Å². The quantitative estimate of drug-likeness (QED) is 0.738. The molecule has 4 nitrogen and oxygen atoms in total. The largest absolute Gasteiger partial charge is 0.493 e. The number of carbonyl (C=O) groups is 1. The van der Waals surface area contributed by atoms with Crippen LogP contribution in [0.1, 0.15) is 25.8 Å². The molecule has 3 N–H and O–H groups in total. The van der Waals surface area contributed by atoms with E-state index in [-0.39, 0.29) is 11.9 Å². The Balaban J connectivity index is 2.62. The highest BCUT2D eigenvalue weighted by Crippen LogP contribution is 2.19. The Morgan fingerprint density at radius 2 is 2.21 bits per heavy atom. The molecule has 1 aromatic carbocycles. The zero-order chi connectivity index (χ0) is 14.1. The van der Waals surface area contributed by atoms with Crippen molar-refractivity contribution >= 4 is 12.0 Å². The molecule has 0 spiro atoms. The topological polar surface area (TPSA) is 64.3 Å². The summed E-state index contributed by atoms with van der Waals surface area (Å²) in [6.07, 6.45) is 4.20. The van der Waals surface area contributed by atoms with Gasteiger partial charge in [0, 0.05) is 24.2 Å².